The molecule has 5 heteroatoms. The van der Waals surface area contributed by atoms with Crippen molar-refractivity contribution in [2.24, 2.45) is 5.92 Å². The van der Waals surface area contributed by atoms with Gasteiger partial charge in [-0.3, -0.25) is 0 Å². The van der Waals surface area contributed by atoms with Crippen LogP contribution < -0.4 is 19.5 Å². The lowest BCUT2D eigenvalue weighted by molar-refractivity contribution is 0.199. The second-order valence-electron chi connectivity index (χ2n) is 5.22. The molecule has 0 bridgehead atoms. The van der Waals surface area contributed by atoms with E-state index >= 15 is 0 Å². The first-order chi connectivity index (χ1) is 10.3. The highest BCUT2D eigenvalue weighted by Crippen LogP contribution is 2.53. The van der Waals surface area contributed by atoms with Gasteiger partial charge in [-0.1, -0.05) is 6.07 Å². The summed E-state index contributed by atoms with van der Waals surface area (Å²) in [6.45, 7) is 2.64. The van der Waals surface area contributed by atoms with Gasteiger partial charge >= 0.3 is 0 Å². The number of benzene rings is 1. The molecule has 2 rings (SSSR count). The molecule has 0 aromatic heterocycles. The van der Waals surface area contributed by atoms with Gasteiger partial charge in [0.1, 0.15) is 0 Å². The SMILES string of the molecule is COCCNCC1CC1c1ccc(OC)c(OC)c1OC. The lowest BCUT2D eigenvalue weighted by Gasteiger charge is -2.15. The molecule has 1 aromatic rings. The van der Waals surface area contributed by atoms with Gasteiger partial charge in [-0.25, -0.2) is 0 Å². The third-order valence-corrected chi connectivity index (χ3v) is 3.95. The topological polar surface area (TPSA) is 49.0 Å². The molecule has 0 heterocycles. The molecule has 1 aliphatic rings. The van der Waals surface area contributed by atoms with Crippen molar-refractivity contribution in [3.05, 3.63) is 17.7 Å². The Balaban J connectivity index is 2.04. The summed E-state index contributed by atoms with van der Waals surface area (Å²) in [7, 11) is 6.67. The van der Waals surface area contributed by atoms with Crippen LogP contribution in [-0.4, -0.2) is 48.1 Å². The first-order valence-electron chi connectivity index (χ1n) is 7.25. The van der Waals surface area contributed by atoms with Crippen molar-refractivity contribution in [1.29, 1.82) is 0 Å². The van der Waals surface area contributed by atoms with E-state index in [1.54, 1.807) is 28.4 Å². The van der Waals surface area contributed by atoms with Crippen LogP contribution in [0, 0.1) is 5.92 Å². The smallest absolute Gasteiger partial charge is 0.203 e. The van der Waals surface area contributed by atoms with Crippen LogP contribution in [-0.2, 0) is 4.74 Å². The normalized spacial score (nSPS) is 20.2. The molecule has 118 valence electrons. The van der Waals surface area contributed by atoms with Crippen molar-refractivity contribution in [1.82, 2.24) is 5.32 Å². The van der Waals surface area contributed by atoms with Crippen LogP contribution in [0.5, 0.6) is 17.2 Å². The standard InChI is InChI=1S/C16H25NO4/c1-18-8-7-17-10-11-9-13(11)12-5-6-14(19-2)16(21-4)15(12)20-3/h5-6,11,13,17H,7-10H2,1-4H3. The second-order valence-corrected chi connectivity index (χ2v) is 5.22. The lowest BCUT2D eigenvalue weighted by atomic mass is 10.1. The highest BCUT2D eigenvalue weighted by molar-refractivity contribution is 5.57. The van der Waals surface area contributed by atoms with Crippen molar-refractivity contribution in [3.8, 4) is 17.2 Å². The highest BCUT2D eigenvalue weighted by Gasteiger charge is 2.40. The average molecular weight is 295 g/mol. The maximum Gasteiger partial charge on any atom is 0.203 e. The minimum atomic E-state index is 0.523. The van der Waals surface area contributed by atoms with Gasteiger partial charge in [0.25, 0.3) is 0 Å². The van der Waals surface area contributed by atoms with E-state index in [0.717, 1.165) is 25.4 Å². The van der Waals surface area contributed by atoms with E-state index < -0.39 is 0 Å². The molecule has 2 unspecified atom stereocenters. The van der Waals surface area contributed by atoms with Crippen molar-refractivity contribution in [2.45, 2.75) is 12.3 Å². The van der Waals surface area contributed by atoms with Crippen molar-refractivity contribution < 1.29 is 18.9 Å². The van der Waals surface area contributed by atoms with Crippen LogP contribution in [0.25, 0.3) is 0 Å². The number of hydrogen-bond acceptors (Lipinski definition) is 5. The Labute approximate surface area is 126 Å². The third kappa shape index (κ3) is 3.60. The van der Waals surface area contributed by atoms with E-state index in [-0.39, 0.29) is 0 Å². The number of ether oxygens (including phenoxy) is 4. The molecule has 1 N–H and O–H groups in total. The van der Waals surface area contributed by atoms with Gasteiger partial charge in [-0.2, -0.15) is 0 Å². The number of nitrogens with one attached hydrogen (secondary N) is 1. The lowest BCUT2D eigenvalue weighted by Crippen LogP contribution is -2.21. The Morgan fingerprint density at radius 1 is 1.05 bits per heavy atom. The zero-order chi connectivity index (χ0) is 15.2. The van der Waals surface area contributed by atoms with E-state index in [1.807, 2.05) is 6.07 Å². The quantitative estimate of drug-likeness (QED) is 0.707. The molecule has 1 saturated carbocycles. The Bertz CT molecular complexity index is 464. The number of hydrogen-bond donors (Lipinski definition) is 1. The minimum Gasteiger partial charge on any atom is -0.493 e. The predicted octanol–water partition coefficient (Wildman–Crippen LogP) is 2.05. The summed E-state index contributed by atoms with van der Waals surface area (Å²) in [5.41, 5.74) is 1.20. The second kappa shape index (κ2) is 7.52. The van der Waals surface area contributed by atoms with Gasteiger partial charge in [-0.15, -0.1) is 0 Å². The molecule has 5 nitrogen and oxygen atoms in total. The van der Waals surface area contributed by atoms with E-state index in [0.29, 0.717) is 23.3 Å². The van der Waals surface area contributed by atoms with E-state index in [1.165, 1.54) is 12.0 Å². The summed E-state index contributed by atoms with van der Waals surface area (Å²) in [6, 6.07) is 4.03. The van der Waals surface area contributed by atoms with Crippen LogP contribution >= 0.6 is 0 Å². The van der Waals surface area contributed by atoms with Crippen molar-refractivity contribution in [3.63, 3.8) is 0 Å². The van der Waals surface area contributed by atoms with E-state index in [2.05, 4.69) is 11.4 Å². The van der Waals surface area contributed by atoms with Gasteiger partial charge < -0.3 is 24.3 Å². The monoisotopic (exact) mass is 295 g/mol. The predicted molar refractivity (Wildman–Crippen MR) is 81.7 cm³/mol. The molecule has 0 aliphatic heterocycles. The van der Waals surface area contributed by atoms with Gasteiger partial charge in [-0.05, 0) is 30.9 Å². The Hall–Kier alpha value is -1.46. The molecule has 1 aliphatic carbocycles. The Morgan fingerprint density at radius 3 is 2.43 bits per heavy atom. The van der Waals surface area contributed by atoms with Gasteiger partial charge in [0.15, 0.2) is 11.5 Å². The first kappa shape index (κ1) is 15.9. The van der Waals surface area contributed by atoms with Crippen LogP contribution in [0.15, 0.2) is 12.1 Å². The molecule has 0 amide bonds. The maximum absolute atomic E-state index is 5.56. The fourth-order valence-electron chi connectivity index (χ4n) is 2.73. The van der Waals surface area contributed by atoms with Gasteiger partial charge in [0.05, 0.1) is 27.9 Å². The molecule has 1 aromatic carbocycles. The molecule has 1 fully saturated rings. The van der Waals surface area contributed by atoms with Gasteiger partial charge in [0, 0.05) is 19.2 Å². The maximum atomic E-state index is 5.56. The summed E-state index contributed by atoms with van der Waals surface area (Å²) in [6.07, 6.45) is 1.17. The van der Waals surface area contributed by atoms with Crippen molar-refractivity contribution in [2.75, 3.05) is 48.1 Å². The summed E-state index contributed by atoms with van der Waals surface area (Å²) < 4.78 is 21.4. The minimum absolute atomic E-state index is 0.523. The van der Waals surface area contributed by atoms with Crippen LogP contribution in [0.3, 0.4) is 0 Å². The van der Waals surface area contributed by atoms with E-state index in [9.17, 15) is 0 Å². The van der Waals surface area contributed by atoms with Crippen LogP contribution in [0.2, 0.25) is 0 Å². The summed E-state index contributed by atoms with van der Waals surface area (Å²) in [5.74, 6) is 3.34. The zero-order valence-corrected chi connectivity index (χ0v) is 13.3. The van der Waals surface area contributed by atoms with Crippen molar-refractivity contribution >= 4 is 0 Å². The Morgan fingerprint density at radius 2 is 1.81 bits per heavy atom. The largest absolute Gasteiger partial charge is 0.493 e. The summed E-state index contributed by atoms with van der Waals surface area (Å²) >= 11 is 0. The van der Waals surface area contributed by atoms with Crippen LogP contribution in [0.1, 0.15) is 17.9 Å². The molecule has 0 radical (unpaired) electrons. The summed E-state index contributed by atoms with van der Waals surface area (Å²) in [5, 5.41) is 3.41. The first-order valence-corrected chi connectivity index (χ1v) is 7.25. The highest BCUT2D eigenvalue weighted by atomic mass is 16.5. The van der Waals surface area contributed by atoms with Gasteiger partial charge in [0.2, 0.25) is 5.75 Å². The molecule has 0 spiro atoms. The third-order valence-electron chi connectivity index (χ3n) is 3.95. The average Bonchev–Trinajstić information content (AvgIpc) is 3.29. The van der Waals surface area contributed by atoms with E-state index in [4.69, 9.17) is 18.9 Å². The van der Waals surface area contributed by atoms with Crippen LogP contribution in [0.4, 0.5) is 0 Å². The Kier molecular flexibility index (Phi) is 5.70. The number of methoxy groups -OCH3 is 4. The zero-order valence-electron chi connectivity index (χ0n) is 13.3. The fourth-order valence-corrected chi connectivity index (χ4v) is 2.73. The fraction of sp³-hybridized carbons (Fsp3) is 0.625. The number of rotatable bonds is 9. The molecular formula is C16H25NO4. The molecule has 2 atom stereocenters. The molecule has 21 heavy (non-hydrogen) atoms. The summed E-state index contributed by atoms with van der Waals surface area (Å²) in [4.78, 5) is 0. The molecule has 0 saturated heterocycles. The molecular weight excluding hydrogens is 270 g/mol.